The van der Waals surface area contributed by atoms with Crippen LogP contribution in [0.1, 0.15) is 27.9 Å². The van der Waals surface area contributed by atoms with E-state index in [9.17, 15) is 0 Å². The molecule has 1 aliphatic rings. The van der Waals surface area contributed by atoms with Gasteiger partial charge < -0.3 is 11.1 Å². The molecule has 108 valence electrons. The third-order valence-corrected chi connectivity index (χ3v) is 4.19. The van der Waals surface area contributed by atoms with Gasteiger partial charge in [0.15, 0.2) is 0 Å². The lowest BCUT2D eigenvalue weighted by molar-refractivity contribution is 0.767. The van der Waals surface area contributed by atoms with Crippen molar-refractivity contribution in [1.82, 2.24) is 4.98 Å². The molecule has 0 aliphatic heterocycles. The Labute approximate surface area is 130 Å². The van der Waals surface area contributed by atoms with Crippen molar-refractivity contribution in [2.24, 2.45) is 5.73 Å². The van der Waals surface area contributed by atoms with Gasteiger partial charge in [-0.05, 0) is 49.4 Å². The quantitative estimate of drug-likeness (QED) is 0.855. The highest BCUT2D eigenvalue weighted by Crippen LogP contribution is 2.26. The number of nitrogens with zero attached hydrogens (tertiary/aromatic N) is 1. The van der Waals surface area contributed by atoms with E-state index in [-0.39, 0.29) is 0 Å². The zero-order valence-electron chi connectivity index (χ0n) is 12.3. The number of benzene rings is 1. The van der Waals surface area contributed by atoms with E-state index in [0.717, 1.165) is 35.5 Å². The first-order valence-electron chi connectivity index (χ1n) is 7.16. The van der Waals surface area contributed by atoms with Crippen LogP contribution in [0.15, 0.2) is 30.3 Å². The number of fused-ring (bicyclic) bond motifs is 1. The predicted octanol–water partition coefficient (Wildman–Crippen LogP) is 2.91. The van der Waals surface area contributed by atoms with Crippen molar-refractivity contribution < 1.29 is 0 Å². The molecule has 0 unspecified atom stereocenters. The molecule has 0 atom stereocenters. The number of hydrogen-bond donors (Lipinski definition) is 2. The predicted molar refractivity (Wildman–Crippen MR) is 90.9 cm³/mol. The van der Waals surface area contributed by atoms with Crippen molar-refractivity contribution in [2.45, 2.75) is 32.7 Å². The number of aromatic nitrogens is 1. The van der Waals surface area contributed by atoms with Gasteiger partial charge in [0, 0.05) is 11.7 Å². The Morgan fingerprint density at radius 2 is 1.86 bits per heavy atom. The van der Waals surface area contributed by atoms with Gasteiger partial charge in [-0.15, -0.1) is 0 Å². The summed E-state index contributed by atoms with van der Waals surface area (Å²) in [5, 5.41) is 3.54. The van der Waals surface area contributed by atoms with E-state index in [1.165, 1.54) is 11.1 Å². The van der Waals surface area contributed by atoms with Crippen LogP contribution in [0, 0.1) is 13.8 Å². The Hall–Kier alpha value is -1.94. The molecular formula is C17H19N3S. The van der Waals surface area contributed by atoms with Crippen molar-refractivity contribution in [1.29, 1.82) is 0 Å². The third-order valence-electron chi connectivity index (χ3n) is 3.98. The second-order valence-electron chi connectivity index (χ2n) is 5.69. The van der Waals surface area contributed by atoms with Gasteiger partial charge in [0.05, 0.1) is 5.56 Å². The van der Waals surface area contributed by atoms with Crippen LogP contribution in [0.2, 0.25) is 0 Å². The van der Waals surface area contributed by atoms with E-state index in [1.807, 2.05) is 19.9 Å². The molecule has 0 radical (unpaired) electrons. The fourth-order valence-electron chi connectivity index (χ4n) is 3.11. The Kier molecular flexibility index (Phi) is 3.64. The summed E-state index contributed by atoms with van der Waals surface area (Å²) in [5.41, 5.74) is 11.6. The molecule has 3 rings (SSSR count). The Morgan fingerprint density at radius 3 is 2.43 bits per heavy atom. The first-order chi connectivity index (χ1) is 10.0. The molecule has 1 heterocycles. The molecule has 1 aromatic heterocycles. The summed E-state index contributed by atoms with van der Waals surface area (Å²) >= 11 is 5.19. The Bertz CT molecular complexity index is 684. The lowest BCUT2D eigenvalue weighted by Crippen LogP contribution is -2.24. The van der Waals surface area contributed by atoms with Crippen LogP contribution in [-0.4, -0.2) is 16.0 Å². The summed E-state index contributed by atoms with van der Waals surface area (Å²) < 4.78 is 0. The number of thiocarbonyl (C=S) groups is 1. The molecular weight excluding hydrogens is 278 g/mol. The Balaban J connectivity index is 1.88. The highest BCUT2D eigenvalue weighted by atomic mass is 32.1. The minimum atomic E-state index is 0.351. The fraction of sp³-hybridized carbons (Fsp3) is 0.294. The van der Waals surface area contributed by atoms with Gasteiger partial charge in [0.25, 0.3) is 0 Å². The maximum Gasteiger partial charge on any atom is 0.137 e. The minimum Gasteiger partial charge on any atom is -0.389 e. The maximum atomic E-state index is 5.88. The van der Waals surface area contributed by atoms with Crippen molar-refractivity contribution in [3.8, 4) is 0 Å². The highest BCUT2D eigenvalue weighted by molar-refractivity contribution is 7.80. The standard InChI is InChI=1S/C17H19N3S/c1-10-7-11(2)19-17(15(10)16(18)21)20-14-8-12-5-3-4-6-13(12)9-14/h3-7,14H,8-9H2,1-2H3,(H2,18,21)(H,19,20). The molecule has 4 heteroatoms. The van der Waals surface area contributed by atoms with Gasteiger partial charge in [0.2, 0.25) is 0 Å². The molecule has 21 heavy (non-hydrogen) atoms. The van der Waals surface area contributed by atoms with Gasteiger partial charge in [-0.2, -0.15) is 0 Å². The number of nitrogens with two attached hydrogens (primary N) is 1. The normalized spacial score (nSPS) is 14.0. The topological polar surface area (TPSA) is 50.9 Å². The van der Waals surface area contributed by atoms with Crippen LogP contribution in [0.4, 0.5) is 5.82 Å². The number of anilines is 1. The van der Waals surface area contributed by atoms with Gasteiger partial charge in [-0.1, -0.05) is 36.5 Å². The molecule has 3 N–H and O–H groups in total. The van der Waals surface area contributed by atoms with E-state index in [0.29, 0.717) is 11.0 Å². The lowest BCUT2D eigenvalue weighted by atomic mass is 10.1. The van der Waals surface area contributed by atoms with Crippen LogP contribution >= 0.6 is 12.2 Å². The van der Waals surface area contributed by atoms with Gasteiger partial charge in [-0.25, -0.2) is 4.98 Å². The monoisotopic (exact) mass is 297 g/mol. The van der Waals surface area contributed by atoms with Gasteiger partial charge in [0.1, 0.15) is 10.8 Å². The van der Waals surface area contributed by atoms with Crippen LogP contribution < -0.4 is 11.1 Å². The Morgan fingerprint density at radius 1 is 1.24 bits per heavy atom. The van der Waals surface area contributed by atoms with Crippen LogP contribution in [0.25, 0.3) is 0 Å². The van der Waals surface area contributed by atoms with Crippen molar-refractivity contribution in [3.05, 3.63) is 58.3 Å². The summed E-state index contributed by atoms with van der Waals surface area (Å²) in [7, 11) is 0. The largest absolute Gasteiger partial charge is 0.389 e. The molecule has 0 bridgehead atoms. The average Bonchev–Trinajstić information content (AvgIpc) is 2.79. The van der Waals surface area contributed by atoms with Gasteiger partial charge >= 0.3 is 0 Å². The molecule has 2 aromatic rings. The zero-order chi connectivity index (χ0) is 15.0. The molecule has 3 nitrogen and oxygen atoms in total. The number of nitrogens with one attached hydrogen (secondary N) is 1. The zero-order valence-corrected chi connectivity index (χ0v) is 13.1. The van der Waals surface area contributed by atoms with Crippen molar-refractivity contribution >= 4 is 23.0 Å². The van der Waals surface area contributed by atoms with Crippen LogP contribution in [0.5, 0.6) is 0 Å². The maximum absolute atomic E-state index is 5.88. The number of pyridine rings is 1. The number of aryl methyl sites for hydroxylation is 2. The summed E-state index contributed by atoms with van der Waals surface area (Å²) in [6, 6.07) is 10.9. The number of hydrogen-bond acceptors (Lipinski definition) is 3. The van der Waals surface area contributed by atoms with E-state index < -0.39 is 0 Å². The van der Waals surface area contributed by atoms with E-state index in [2.05, 4.69) is 34.6 Å². The summed E-state index contributed by atoms with van der Waals surface area (Å²) in [6.07, 6.45) is 2.03. The van der Waals surface area contributed by atoms with E-state index >= 15 is 0 Å². The highest BCUT2D eigenvalue weighted by Gasteiger charge is 2.22. The molecule has 0 spiro atoms. The third kappa shape index (κ3) is 2.76. The summed E-state index contributed by atoms with van der Waals surface area (Å²) in [6.45, 7) is 4.02. The smallest absolute Gasteiger partial charge is 0.137 e. The van der Waals surface area contributed by atoms with Crippen LogP contribution in [-0.2, 0) is 12.8 Å². The van der Waals surface area contributed by atoms with E-state index in [1.54, 1.807) is 0 Å². The molecule has 1 aromatic carbocycles. The van der Waals surface area contributed by atoms with Crippen LogP contribution in [0.3, 0.4) is 0 Å². The minimum absolute atomic E-state index is 0.351. The van der Waals surface area contributed by atoms with Gasteiger partial charge in [-0.3, -0.25) is 0 Å². The first-order valence-corrected chi connectivity index (χ1v) is 7.57. The first kappa shape index (κ1) is 14.0. The molecule has 1 aliphatic carbocycles. The molecule has 0 amide bonds. The summed E-state index contributed by atoms with van der Waals surface area (Å²) in [5.74, 6) is 0.817. The second-order valence-corrected chi connectivity index (χ2v) is 6.13. The van der Waals surface area contributed by atoms with E-state index in [4.69, 9.17) is 18.0 Å². The SMILES string of the molecule is Cc1cc(C)c(C(N)=S)c(NC2Cc3ccccc3C2)n1. The van der Waals surface area contributed by atoms with Crippen molar-refractivity contribution in [2.75, 3.05) is 5.32 Å². The molecule has 0 fully saturated rings. The number of rotatable bonds is 3. The fourth-order valence-corrected chi connectivity index (χ4v) is 3.36. The van der Waals surface area contributed by atoms with Crippen molar-refractivity contribution in [3.63, 3.8) is 0 Å². The second kappa shape index (κ2) is 5.45. The average molecular weight is 297 g/mol. The lowest BCUT2D eigenvalue weighted by Gasteiger charge is -2.18. The molecule has 0 saturated carbocycles. The summed E-state index contributed by atoms with van der Waals surface area (Å²) in [4.78, 5) is 5.00. The molecule has 0 saturated heterocycles.